The lowest BCUT2D eigenvalue weighted by atomic mass is 10.3. The van der Waals surface area contributed by atoms with Crippen LogP contribution in [0.3, 0.4) is 0 Å². The fourth-order valence-electron chi connectivity index (χ4n) is 1.95. The molecule has 4 heteroatoms. The molecule has 82 valence electrons. The molecule has 1 aromatic heterocycles. The molecule has 16 heavy (non-hydrogen) atoms. The second kappa shape index (κ2) is 4.61. The lowest BCUT2D eigenvalue weighted by Gasteiger charge is -2.08. The molecule has 0 unspecified atom stereocenters. The Labute approximate surface area is 105 Å². The van der Waals surface area contributed by atoms with Gasteiger partial charge in [-0.15, -0.1) is 0 Å². The summed E-state index contributed by atoms with van der Waals surface area (Å²) >= 11 is 0. The number of hydrogen-bond donors (Lipinski definition) is 0. The van der Waals surface area contributed by atoms with Crippen LogP contribution in [0.4, 0.5) is 11.6 Å². The molecule has 3 nitrogen and oxygen atoms in total. The Morgan fingerprint density at radius 2 is 1.94 bits per heavy atom. The van der Waals surface area contributed by atoms with E-state index < -0.39 is 0 Å². The standard InChI is InChI=1S/C12H12N3.BrH/c1-2-5-11(6-3-1)15-10-9-14-8-4-7-13-12(14)15;/h1-8H,9-10H2;1H/q+1;/p-1. The molecule has 0 spiro atoms. The predicted octanol–water partition coefficient (Wildman–Crippen LogP) is -1.48. The normalized spacial score (nSPS) is 13.1. The Kier molecular flexibility index (Phi) is 3.19. The third kappa shape index (κ3) is 1.80. The van der Waals surface area contributed by atoms with Crippen molar-refractivity contribution in [1.82, 2.24) is 4.98 Å². The van der Waals surface area contributed by atoms with Gasteiger partial charge in [0.05, 0.1) is 6.20 Å². The highest BCUT2D eigenvalue weighted by Crippen LogP contribution is 2.22. The van der Waals surface area contributed by atoms with Gasteiger partial charge >= 0.3 is 5.95 Å². The first-order valence-corrected chi connectivity index (χ1v) is 5.12. The minimum atomic E-state index is 0. The number of hydrogen-bond acceptors (Lipinski definition) is 2. The maximum atomic E-state index is 4.41. The molecule has 0 radical (unpaired) electrons. The topological polar surface area (TPSA) is 20.0 Å². The highest BCUT2D eigenvalue weighted by Gasteiger charge is 2.28. The molecule has 0 amide bonds. The molecule has 0 N–H and O–H groups in total. The molecule has 0 atom stereocenters. The van der Waals surface area contributed by atoms with Crippen LogP contribution < -0.4 is 26.4 Å². The van der Waals surface area contributed by atoms with Crippen LogP contribution in [-0.2, 0) is 6.54 Å². The van der Waals surface area contributed by atoms with Crippen LogP contribution in [0.25, 0.3) is 0 Å². The average Bonchev–Trinajstić information content (AvgIpc) is 2.74. The Hall–Kier alpha value is -1.42. The van der Waals surface area contributed by atoms with Crippen LogP contribution in [0.1, 0.15) is 0 Å². The van der Waals surface area contributed by atoms with E-state index in [4.69, 9.17) is 0 Å². The highest BCUT2D eigenvalue weighted by molar-refractivity contribution is 5.55. The Morgan fingerprint density at radius 3 is 2.75 bits per heavy atom. The van der Waals surface area contributed by atoms with Crippen molar-refractivity contribution in [1.29, 1.82) is 0 Å². The van der Waals surface area contributed by atoms with E-state index in [0.29, 0.717) is 0 Å². The molecule has 3 rings (SSSR count). The van der Waals surface area contributed by atoms with Crippen LogP contribution in [-0.4, -0.2) is 11.5 Å². The molecular weight excluding hydrogens is 266 g/mol. The van der Waals surface area contributed by atoms with Crippen molar-refractivity contribution in [3.8, 4) is 0 Å². The minimum absolute atomic E-state index is 0. The quantitative estimate of drug-likeness (QED) is 0.593. The lowest BCUT2D eigenvalue weighted by Crippen LogP contribution is -3.00. The second-order valence-electron chi connectivity index (χ2n) is 3.60. The summed E-state index contributed by atoms with van der Waals surface area (Å²) in [5.41, 5.74) is 1.21. The van der Waals surface area contributed by atoms with Crippen molar-refractivity contribution in [2.24, 2.45) is 0 Å². The molecule has 0 bridgehead atoms. The van der Waals surface area contributed by atoms with Crippen LogP contribution in [0, 0.1) is 0 Å². The van der Waals surface area contributed by atoms with Gasteiger partial charge in [-0.1, -0.05) is 23.2 Å². The van der Waals surface area contributed by atoms with Gasteiger partial charge < -0.3 is 17.0 Å². The Bertz CT molecular complexity index is 473. The molecule has 1 aliphatic heterocycles. The van der Waals surface area contributed by atoms with Crippen LogP contribution in [0.2, 0.25) is 0 Å². The van der Waals surface area contributed by atoms with Crippen molar-refractivity contribution in [2.75, 3.05) is 11.4 Å². The smallest absolute Gasteiger partial charge is 0.399 e. The summed E-state index contributed by atoms with van der Waals surface area (Å²) in [6.45, 7) is 2.01. The first-order valence-electron chi connectivity index (χ1n) is 5.12. The van der Waals surface area contributed by atoms with E-state index in [1.165, 1.54) is 5.69 Å². The van der Waals surface area contributed by atoms with E-state index in [-0.39, 0.29) is 17.0 Å². The van der Waals surface area contributed by atoms with E-state index in [1.807, 2.05) is 18.3 Å². The minimum Gasteiger partial charge on any atom is -1.00 e. The van der Waals surface area contributed by atoms with Crippen molar-refractivity contribution in [3.63, 3.8) is 0 Å². The number of anilines is 2. The fourth-order valence-corrected chi connectivity index (χ4v) is 1.95. The summed E-state index contributed by atoms with van der Waals surface area (Å²) in [7, 11) is 0. The second-order valence-corrected chi connectivity index (χ2v) is 3.60. The van der Waals surface area contributed by atoms with Crippen molar-refractivity contribution in [3.05, 3.63) is 48.8 Å². The molecule has 0 fully saturated rings. The van der Waals surface area contributed by atoms with Gasteiger partial charge in [-0.2, -0.15) is 0 Å². The summed E-state index contributed by atoms with van der Waals surface area (Å²) in [6, 6.07) is 12.3. The fraction of sp³-hybridized carbons (Fsp3) is 0.167. The predicted molar refractivity (Wildman–Crippen MR) is 57.9 cm³/mol. The zero-order valence-corrected chi connectivity index (χ0v) is 10.3. The number of para-hydroxylation sites is 1. The summed E-state index contributed by atoms with van der Waals surface area (Å²) in [5, 5.41) is 0. The third-order valence-electron chi connectivity index (χ3n) is 2.67. The lowest BCUT2D eigenvalue weighted by molar-refractivity contribution is -0.673. The van der Waals surface area contributed by atoms with Crippen LogP contribution >= 0.6 is 0 Å². The molecule has 0 saturated carbocycles. The average molecular weight is 278 g/mol. The number of halogens is 1. The SMILES string of the molecule is [Br-].c1ccc(N2CC[n+]3cccnc32)cc1. The molecule has 1 aliphatic rings. The van der Waals surface area contributed by atoms with Crippen molar-refractivity contribution in [2.45, 2.75) is 6.54 Å². The van der Waals surface area contributed by atoms with Crippen LogP contribution in [0.5, 0.6) is 0 Å². The first kappa shape index (κ1) is 11.1. The largest absolute Gasteiger partial charge is 1.00 e. The first-order chi connectivity index (χ1) is 7.45. The molecule has 0 saturated heterocycles. The Morgan fingerprint density at radius 1 is 1.12 bits per heavy atom. The zero-order chi connectivity index (χ0) is 10.1. The number of benzene rings is 1. The van der Waals surface area contributed by atoms with E-state index in [2.05, 4.69) is 44.9 Å². The summed E-state index contributed by atoms with van der Waals surface area (Å²) < 4.78 is 2.17. The van der Waals surface area contributed by atoms with Gasteiger partial charge in [0.1, 0.15) is 25.0 Å². The monoisotopic (exact) mass is 277 g/mol. The zero-order valence-electron chi connectivity index (χ0n) is 8.75. The van der Waals surface area contributed by atoms with Crippen molar-refractivity contribution < 1.29 is 21.5 Å². The van der Waals surface area contributed by atoms with Gasteiger partial charge in [0.15, 0.2) is 0 Å². The van der Waals surface area contributed by atoms with Gasteiger partial charge in [-0.25, -0.2) is 9.47 Å². The molecule has 0 aliphatic carbocycles. The van der Waals surface area contributed by atoms with Gasteiger partial charge in [-0.3, -0.25) is 0 Å². The molecule has 2 aromatic rings. The number of aromatic nitrogens is 2. The van der Waals surface area contributed by atoms with Crippen molar-refractivity contribution >= 4 is 11.6 Å². The summed E-state index contributed by atoms with van der Waals surface area (Å²) in [4.78, 5) is 6.64. The number of nitrogens with zero attached hydrogens (tertiary/aromatic N) is 3. The third-order valence-corrected chi connectivity index (χ3v) is 2.67. The highest BCUT2D eigenvalue weighted by atomic mass is 79.9. The number of rotatable bonds is 1. The summed E-state index contributed by atoms with van der Waals surface area (Å²) in [5.74, 6) is 1.03. The summed E-state index contributed by atoms with van der Waals surface area (Å²) in [6.07, 6.45) is 3.92. The molecular formula is C12H12BrN3. The Balaban J connectivity index is 0.000000963. The van der Waals surface area contributed by atoms with Gasteiger partial charge in [0.25, 0.3) is 0 Å². The molecule has 1 aromatic carbocycles. The van der Waals surface area contributed by atoms with E-state index in [1.54, 1.807) is 0 Å². The maximum absolute atomic E-state index is 4.41. The maximum Gasteiger partial charge on any atom is 0.399 e. The van der Waals surface area contributed by atoms with Gasteiger partial charge in [0.2, 0.25) is 0 Å². The van der Waals surface area contributed by atoms with E-state index >= 15 is 0 Å². The number of fused-ring (bicyclic) bond motifs is 1. The van der Waals surface area contributed by atoms with E-state index in [9.17, 15) is 0 Å². The van der Waals surface area contributed by atoms with Gasteiger partial charge in [0, 0.05) is 6.07 Å². The molecule has 2 heterocycles. The van der Waals surface area contributed by atoms with Crippen LogP contribution in [0.15, 0.2) is 48.8 Å². The van der Waals surface area contributed by atoms with Gasteiger partial charge in [-0.05, 0) is 12.1 Å². The van der Waals surface area contributed by atoms with E-state index in [0.717, 1.165) is 19.0 Å².